The van der Waals surface area contributed by atoms with Crippen molar-refractivity contribution < 1.29 is 9.90 Å². The average molecular weight is 282 g/mol. The Bertz CT molecular complexity index is 636. The van der Waals surface area contributed by atoms with Crippen LogP contribution in [0.5, 0.6) is 0 Å². The van der Waals surface area contributed by atoms with Crippen molar-refractivity contribution in [2.45, 2.75) is 12.6 Å². The van der Waals surface area contributed by atoms with E-state index in [1.807, 2.05) is 6.07 Å². The number of nitrogens with two attached hydrogens (primary N) is 1. The fraction of sp³-hybridized carbons (Fsp3) is 0.364. The highest BCUT2D eigenvalue weighted by molar-refractivity contribution is 7.99. The van der Waals surface area contributed by atoms with Gasteiger partial charge in [0.2, 0.25) is 0 Å². The topological polar surface area (TPSA) is 103 Å². The van der Waals surface area contributed by atoms with Crippen LogP contribution in [0.25, 0.3) is 5.65 Å². The van der Waals surface area contributed by atoms with E-state index in [4.69, 9.17) is 10.8 Å². The van der Waals surface area contributed by atoms with Gasteiger partial charge in [-0.15, -0.1) is 5.10 Å². The number of hydrogen-bond acceptors (Lipinski definition) is 5. The minimum atomic E-state index is -1.02. The summed E-state index contributed by atoms with van der Waals surface area (Å²) in [5.41, 5.74) is 5.78. The highest BCUT2D eigenvalue weighted by Gasteiger charge is 2.11. The molecule has 0 saturated heterocycles. The van der Waals surface area contributed by atoms with Crippen molar-refractivity contribution in [3.63, 3.8) is 0 Å². The summed E-state index contributed by atoms with van der Waals surface area (Å²) in [7, 11) is 0. The molecule has 0 radical (unpaired) electrons. The second-order valence-electron chi connectivity index (χ2n) is 3.95. The van der Waals surface area contributed by atoms with Crippen molar-refractivity contribution in [3.05, 3.63) is 34.9 Å². The van der Waals surface area contributed by atoms with Gasteiger partial charge in [0.05, 0.1) is 6.54 Å². The van der Waals surface area contributed by atoms with Crippen LogP contribution in [-0.2, 0) is 11.3 Å². The fourth-order valence-electron chi connectivity index (χ4n) is 1.55. The van der Waals surface area contributed by atoms with E-state index in [1.165, 1.54) is 20.8 Å². The van der Waals surface area contributed by atoms with Gasteiger partial charge < -0.3 is 10.8 Å². The van der Waals surface area contributed by atoms with Gasteiger partial charge in [-0.3, -0.25) is 9.20 Å². The Labute approximate surface area is 113 Å². The van der Waals surface area contributed by atoms with Crippen molar-refractivity contribution >= 4 is 23.4 Å². The van der Waals surface area contributed by atoms with Crippen LogP contribution in [0, 0.1) is 0 Å². The van der Waals surface area contributed by atoms with Crippen LogP contribution in [0.1, 0.15) is 0 Å². The quantitative estimate of drug-likeness (QED) is 0.701. The van der Waals surface area contributed by atoms with Crippen molar-refractivity contribution in [2.24, 2.45) is 5.73 Å². The minimum Gasteiger partial charge on any atom is -0.480 e. The summed E-state index contributed by atoms with van der Waals surface area (Å²) < 4.78 is 2.84. The normalized spacial score (nSPS) is 12.7. The largest absolute Gasteiger partial charge is 0.480 e. The maximum Gasteiger partial charge on any atom is 0.350 e. The lowest BCUT2D eigenvalue weighted by atomic mass is 10.4. The molecule has 2 rings (SSSR count). The van der Waals surface area contributed by atoms with Crippen molar-refractivity contribution in [1.29, 1.82) is 0 Å². The Morgan fingerprint density at radius 2 is 2.32 bits per heavy atom. The van der Waals surface area contributed by atoms with E-state index >= 15 is 0 Å². The molecule has 0 aliphatic rings. The SMILES string of the molecule is N[C@@H](CSCCn1nc2ccccn2c1=O)C(=O)O. The fourth-order valence-corrected chi connectivity index (χ4v) is 2.41. The average Bonchev–Trinajstić information content (AvgIpc) is 2.72. The lowest BCUT2D eigenvalue weighted by Gasteiger charge is -2.05. The van der Waals surface area contributed by atoms with Crippen molar-refractivity contribution in [3.8, 4) is 0 Å². The predicted octanol–water partition coefficient (Wildman–Crippen LogP) is -0.359. The number of rotatable bonds is 6. The standard InChI is InChI=1S/C11H14N4O3S/c12-8(10(16)17)7-19-6-5-15-11(18)14-4-2-1-3-9(14)13-15/h1-4,8H,5-7,12H2,(H,16,17)/t8-/m0/s1. The molecule has 19 heavy (non-hydrogen) atoms. The Morgan fingerprint density at radius 1 is 1.53 bits per heavy atom. The van der Waals surface area contributed by atoms with Crippen LogP contribution in [-0.4, -0.2) is 42.8 Å². The number of hydrogen-bond donors (Lipinski definition) is 2. The maximum atomic E-state index is 11.9. The zero-order chi connectivity index (χ0) is 13.8. The third-order valence-electron chi connectivity index (χ3n) is 2.55. The molecule has 102 valence electrons. The molecule has 1 atom stereocenters. The van der Waals surface area contributed by atoms with Gasteiger partial charge in [0, 0.05) is 17.7 Å². The smallest absolute Gasteiger partial charge is 0.350 e. The molecule has 8 heteroatoms. The van der Waals surface area contributed by atoms with Gasteiger partial charge >= 0.3 is 11.7 Å². The number of pyridine rings is 1. The first-order valence-electron chi connectivity index (χ1n) is 5.70. The third-order valence-corrected chi connectivity index (χ3v) is 3.62. The van der Waals surface area contributed by atoms with E-state index in [1.54, 1.807) is 18.3 Å². The van der Waals surface area contributed by atoms with Gasteiger partial charge in [-0.25, -0.2) is 9.48 Å². The van der Waals surface area contributed by atoms with Crippen LogP contribution in [0.3, 0.4) is 0 Å². The molecule has 0 fully saturated rings. The Kier molecular flexibility index (Phi) is 4.23. The Balaban J connectivity index is 1.94. The first-order valence-corrected chi connectivity index (χ1v) is 6.85. The molecule has 2 aromatic heterocycles. The van der Waals surface area contributed by atoms with Gasteiger partial charge in [0.25, 0.3) is 0 Å². The predicted molar refractivity (Wildman–Crippen MR) is 72.4 cm³/mol. The summed E-state index contributed by atoms with van der Waals surface area (Å²) in [5.74, 6) is -0.111. The minimum absolute atomic E-state index is 0.196. The highest BCUT2D eigenvalue weighted by atomic mass is 32.2. The summed E-state index contributed by atoms with van der Waals surface area (Å²) in [6, 6.07) is 4.46. The van der Waals surface area contributed by atoms with Gasteiger partial charge in [-0.1, -0.05) is 6.07 Å². The monoisotopic (exact) mass is 282 g/mol. The highest BCUT2D eigenvalue weighted by Crippen LogP contribution is 2.03. The first-order chi connectivity index (χ1) is 9.09. The summed E-state index contributed by atoms with van der Waals surface area (Å²) in [6.45, 7) is 0.428. The van der Waals surface area contributed by atoms with E-state index in [-0.39, 0.29) is 5.69 Å². The molecule has 0 aliphatic heterocycles. The second-order valence-corrected chi connectivity index (χ2v) is 5.10. The molecule has 3 N–H and O–H groups in total. The maximum absolute atomic E-state index is 11.9. The molecule has 0 amide bonds. The molecule has 0 saturated carbocycles. The van der Waals surface area contributed by atoms with E-state index in [2.05, 4.69) is 5.10 Å². The van der Waals surface area contributed by atoms with Gasteiger partial charge in [-0.2, -0.15) is 11.8 Å². The lowest BCUT2D eigenvalue weighted by molar-refractivity contribution is -0.137. The summed E-state index contributed by atoms with van der Waals surface area (Å²) >= 11 is 1.39. The van der Waals surface area contributed by atoms with Crippen molar-refractivity contribution in [1.82, 2.24) is 14.2 Å². The van der Waals surface area contributed by atoms with E-state index in [0.29, 0.717) is 23.7 Å². The Morgan fingerprint density at radius 3 is 3.00 bits per heavy atom. The number of carbonyl (C=O) groups is 1. The first kappa shape index (κ1) is 13.6. The van der Waals surface area contributed by atoms with Gasteiger partial charge in [0.1, 0.15) is 6.04 Å². The number of fused-ring (bicyclic) bond motifs is 1. The molecule has 2 heterocycles. The number of carboxylic acids is 1. The molecular formula is C11H14N4O3S. The zero-order valence-corrected chi connectivity index (χ0v) is 10.9. The van der Waals surface area contributed by atoms with Crippen LogP contribution < -0.4 is 11.4 Å². The van der Waals surface area contributed by atoms with Crippen LogP contribution >= 0.6 is 11.8 Å². The number of nitrogens with zero attached hydrogens (tertiary/aromatic N) is 3. The molecule has 0 bridgehead atoms. The Hall–Kier alpha value is -1.80. The van der Waals surface area contributed by atoms with Crippen molar-refractivity contribution in [2.75, 3.05) is 11.5 Å². The second kappa shape index (κ2) is 5.89. The molecule has 7 nitrogen and oxygen atoms in total. The lowest BCUT2D eigenvalue weighted by Crippen LogP contribution is -2.32. The molecule has 0 aromatic carbocycles. The molecule has 2 aromatic rings. The molecule has 0 spiro atoms. The van der Waals surface area contributed by atoms with E-state index in [0.717, 1.165) is 0 Å². The van der Waals surface area contributed by atoms with Gasteiger partial charge in [-0.05, 0) is 12.1 Å². The zero-order valence-electron chi connectivity index (χ0n) is 10.1. The number of thioether (sulfide) groups is 1. The van der Waals surface area contributed by atoms with E-state index in [9.17, 15) is 9.59 Å². The molecule has 0 aliphatic carbocycles. The van der Waals surface area contributed by atoms with Crippen LogP contribution in [0.4, 0.5) is 0 Å². The number of aliphatic carboxylic acids is 1. The van der Waals surface area contributed by atoms with Gasteiger partial charge in [0.15, 0.2) is 5.65 Å². The number of carboxylic acid groups (broad SMARTS) is 1. The number of aryl methyl sites for hydroxylation is 1. The van der Waals surface area contributed by atoms with Crippen LogP contribution in [0.15, 0.2) is 29.2 Å². The summed E-state index contributed by atoms with van der Waals surface area (Å²) in [4.78, 5) is 22.4. The molecular weight excluding hydrogens is 268 g/mol. The molecule has 0 unspecified atom stereocenters. The van der Waals surface area contributed by atoms with Crippen LogP contribution in [0.2, 0.25) is 0 Å². The summed E-state index contributed by atoms with van der Waals surface area (Å²) in [5, 5.41) is 12.8. The summed E-state index contributed by atoms with van der Waals surface area (Å²) in [6.07, 6.45) is 1.66. The third kappa shape index (κ3) is 3.15. The number of aromatic nitrogens is 3. The van der Waals surface area contributed by atoms with E-state index < -0.39 is 12.0 Å².